The van der Waals surface area contributed by atoms with E-state index in [9.17, 15) is 0 Å². The van der Waals surface area contributed by atoms with Gasteiger partial charge in [0, 0.05) is 0 Å². The molecule has 0 saturated carbocycles. The van der Waals surface area contributed by atoms with E-state index < -0.39 is 0 Å². The van der Waals surface area contributed by atoms with Crippen LogP contribution in [0.5, 0.6) is 0 Å². The van der Waals surface area contributed by atoms with Crippen LogP contribution in [0.1, 0.15) is 0 Å². The predicted molar refractivity (Wildman–Crippen MR) is 14.5 cm³/mol. The largest absolute Gasteiger partial charge is 3.00 e. The van der Waals surface area contributed by atoms with Gasteiger partial charge in [-0.15, -0.1) is 0 Å². The molecule has 59 valence electrons. The van der Waals surface area contributed by atoms with Crippen molar-refractivity contribution in [2.45, 2.75) is 0 Å². The van der Waals surface area contributed by atoms with Crippen LogP contribution in [0.4, 0.5) is 0 Å². The van der Waals surface area contributed by atoms with E-state index in [4.69, 9.17) is 0 Å². The molecule has 0 aliphatic rings. The maximum atomic E-state index is 0. The molecule has 8 heavy (non-hydrogen) atoms. The van der Waals surface area contributed by atoms with Gasteiger partial charge in [-0.05, 0) is 0 Å². The summed E-state index contributed by atoms with van der Waals surface area (Å²) in [5.74, 6) is 0. The fourth-order valence-electron chi connectivity index (χ4n) is 0. The summed E-state index contributed by atoms with van der Waals surface area (Å²) in [6.45, 7) is 0. The molecule has 4 nitrogen and oxygen atoms in total. The molecule has 0 unspecified atom stereocenters. The summed E-state index contributed by atoms with van der Waals surface area (Å²) >= 11 is 0. The Morgan fingerprint density at radius 3 is 0.375 bits per heavy atom. The third kappa shape index (κ3) is 6220. The van der Waals surface area contributed by atoms with E-state index in [2.05, 4.69) is 0 Å². The molecule has 0 atom stereocenters. The van der Waals surface area contributed by atoms with Crippen molar-refractivity contribution in [3.63, 3.8) is 0 Å². The van der Waals surface area contributed by atoms with E-state index in [-0.39, 0.29) is 53.4 Å². The Morgan fingerprint density at radius 1 is 0.375 bits per heavy atom. The first kappa shape index (κ1) is 15900. The van der Waals surface area contributed by atoms with Gasteiger partial charge in [-0.25, -0.2) is 0 Å². The van der Waals surface area contributed by atoms with Gasteiger partial charge in [0.2, 0.25) is 0 Å². The zero-order valence-corrected chi connectivity index (χ0v) is 4.82. The number of rotatable bonds is 0. The maximum Gasteiger partial charge on any atom is 3.00 e. The van der Waals surface area contributed by atoms with E-state index >= 15 is 0 Å². The van der Waals surface area contributed by atoms with E-state index in [0.717, 1.165) is 0 Å². The molecule has 0 bridgehead atoms. The fourth-order valence-corrected chi connectivity index (χ4v) is 0. The predicted octanol–water partition coefficient (Wildman–Crippen LogP) is -12.3. The Bertz CT molecular complexity index is 11.2. The van der Waals surface area contributed by atoms with Gasteiger partial charge in [-0.1, -0.05) is 0 Å². The smallest absolute Gasteiger partial charge is 1.00 e. The van der Waals surface area contributed by atoms with Crippen molar-refractivity contribution in [3.05, 3.63) is 0 Å². The molecule has 0 spiro atoms. The summed E-state index contributed by atoms with van der Waals surface area (Å²) < 4.78 is 0. The summed E-state index contributed by atoms with van der Waals surface area (Å²) in [4.78, 5) is 0. The summed E-state index contributed by atoms with van der Waals surface area (Å²) in [6, 6.07) is 0. The zero-order chi connectivity index (χ0) is 0. The second-order valence-corrected chi connectivity index (χ2v) is 0. The minimum atomic E-state index is 0. The molecule has 0 aromatic heterocycles. The molecular formula is H8CrF3O4. The summed E-state index contributed by atoms with van der Waals surface area (Å²) in [7, 11) is 0. The standard InChI is InChI=1S/Cr.3FH.4H2O/h;3*1H;4*1H2/q+3;;;;;;;/p-3. The van der Waals surface area contributed by atoms with Crippen molar-refractivity contribution in [1.82, 2.24) is 0 Å². The van der Waals surface area contributed by atoms with Gasteiger partial charge in [0.15, 0.2) is 0 Å². The van der Waals surface area contributed by atoms with Gasteiger partial charge in [-0.2, -0.15) is 0 Å². The number of hydrogen-bond donors (Lipinski definition) is 0. The van der Waals surface area contributed by atoms with Gasteiger partial charge in [0.1, 0.15) is 0 Å². The molecule has 1 radical (unpaired) electrons. The molecule has 0 rings (SSSR count). The van der Waals surface area contributed by atoms with Gasteiger partial charge in [0.25, 0.3) is 0 Å². The minimum absolute atomic E-state index is 0. The van der Waals surface area contributed by atoms with Crippen LogP contribution in [-0.2, 0) is 17.4 Å². The van der Waals surface area contributed by atoms with Crippen LogP contribution in [0.3, 0.4) is 0 Å². The summed E-state index contributed by atoms with van der Waals surface area (Å²) in [5, 5.41) is 0. The van der Waals surface area contributed by atoms with Crippen LogP contribution in [0.25, 0.3) is 0 Å². The van der Waals surface area contributed by atoms with Crippen molar-refractivity contribution in [2.24, 2.45) is 0 Å². The second kappa shape index (κ2) is 10300. The van der Waals surface area contributed by atoms with Crippen molar-refractivity contribution in [1.29, 1.82) is 0 Å². The fraction of sp³-hybridized carbons (Fsp3) is 0. The molecule has 0 aliphatic carbocycles. The van der Waals surface area contributed by atoms with Gasteiger partial charge >= 0.3 is 17.4 Å². The van der Waals surface area contributed by atoms with Crippen LogP contribution in [-0.4, -0.2) is 21.9 Å². The van der Waals surface area contributed by atoms with Crippen LogP contribution in [0.15, 0.2) is 0 Å². The Kier molecular flexibility index (Phi) is 20400000. The number of halogens is 3. The van der Waals surface area contributed by atoms with Crippen LogP contribution >= 0.6 is 0 Å². The summed E-state index contributed by atoms with van der Waals surface area (Å²) in [5.41, 5.74) is 0. The van der Waals surface area contributed by atoms with Gasteiger partial charge in [0.05, 0.1) is 0 Å². The molecule has 0 amide bonds. The Hall–Kier alpha value is 0.162. The van der Waals surface area contributed by atoms with Crippen molar-refractivity contribution >= 4 is 0 Å². The second-order valence-electron chi connectivity index (χ2n) is 0. The topological polar surface area (TPSA) is 126 Å². The third-order valence-electron chi connectivity index (χ3n) is 0. The molecule has 0 aliphatic heterocycles. The Balaban J connectivity index is 0. The molecule has 0 saturated heterocycles. The van der Waals surface area contributed by atoms with E-state index in [1.165, 1.54) is 0 Å². The third-order valence-corrected chi connectivity index (χ3v) is 0. The minimum Gasteiger partial charge on any atom is -1.00 e. The van der Waals surface area contributed by atoms with E-state index in [1.807, 2.05) is 0 Å². The average Bonchev–Trinajstić information content (AvgIpc) is 0. The quantitative estimate of drug-likeness (QED) is 0.351. The van der Waals surface area contributed by atoms with E-state index in [0.29, 0.717) is 0 Å². The molecular weight excluding hydrogens is 173 g/mol. The Morgan fingerprint density at radius 2 is 0.375 bits per heavy atom. The van der Waals surface area contributed by atoms with Crippen LogP contribution < -0.4 is 14.1 Å². The van der Waals surface area contributed by atoms with E-state index in [1.54, 1.807) is 0 Å². The Labute approximate surface area is 54.4 Å². The van der Waals surface area contributed by atoms with Crippen molar-refractivity contribution < 1.29 is 53.4 Å². The van der Waals surface area contributed by atoms with Gasteiger partial charge < -0.3 is 36.0 Å². The SMILES string of the molecule is O.O.O.O.[Cr+3].[F-].[F-].[F-]. The summed E-state index contributed by atoms with van der Waals surface area (Å²) in [6.07, 6.45) is 0. The number of hydrogen-bond acceptors (Lipinski definition) is 0. The average molecular weight is 181 g/mol. The van der Waals surface area contributed by atoms with Crippen molar-refractivity contribution in [3.8, 4) is 0 Å². The molecule has 0 aromatic rings. The molecule has 8 N–H and O–H groups in total. The van der Waals surface area contributed by atoms with Crippen molar-refractivity contribution in [2.75, 3.05) is 0 Å². The van der Waals surface area contributed by atoms with Crippen LogP contribution in [0.2, 0.25) is 0 Å². The molecule has 8 heteroatoms. The first-order valence-corrected chi connectivity index (χ1v) is 0. The monoisotopic (exact) mass is 181 g/mol. The first-order chi connectivity index (χ1) is 0. The molecule has 0 aromatic carbocycles. The first-order valence-electron chi connectivity index (χ1n) is 0. The van der Waals surface area contributed by atoms with Crippen LogP contribution in [0, 0.1) is 0 Å². The zero-order valence-electron chi connectivity index (χ0n) is 3.54. The normalized spacial score (nSPS) is 0. The molecule has 0 heterocycles. The maximum absolute atomic E-state index is 0. The molecule has 0 fully saturated rings. The van der Waals surface area contributed by atoms with Gasteiger partial charge in [-0.3, -0.25) is 0 Å².